The van der Waals surface area contributed by atoms with Gasteiger partial charge in [0.1, 0.15) is 11.7 Å². The highest BCUT2D eigenvalue weighted by Gasteiger charge is 2.45. The Labute approximate surface area is 134 Å². The summed E-state index contributed by atoms with van der Waals surface area (Å²) in [4.78, 5) is 42.5. The third-order valence-corrected chi connectivity index (χ3v) is 4.26. The number of hydrogen-bond acceptors (Lipinski definition) is 4. The van der Waals surface area contributed by atoms with E-state index in [1.807, 2.05) is 20.8 Å². The lowest BCUT2D eigenvalue weighted by atomic mass is 9.87. The topological polar surface area (TPSA) is 79.4 Å². The van der Waals surface area contributed by atoms with E-state index in [-0.39, 0.29) is 22.6 Å². The van der Waals surface area contributed by atoms with E-state index in [2.05, 4.69) is 16.9 Å². The number of nitrogens with zero attached hydrogens (tertiary/aromatic N) is 2. The molecule has 0 aliphatic carbocycles. The molecule has 0 bridgehead atoms. The Morgan fingerprint density at radius 1 is 1.26 bits per heavy atom. The third-order valence-electron chi connectivity index (χ3n) is 4.26. The summed E-state index contributed by atoms with van der Waals surface area (Å²) in [7, 11) is 0. The molecule has 23 heavy (non-hydrogen) atoms. The Morgan fingerprint density at radius 2 is 1.96 bits per heavy atom. The van der Waals surface area contributed by atoms with E-state index in [1.54, 1.807) is 12.3 Å². The molecule has 1 unspecified atom stereocenters. The zero-order chi connectivity index (χ0) is 16.9. The van der Waals surface area contributed by atoms with Crippen molar-refractivity contribution in [2.45, 2.75) is 45.1 Å². The number of allylic oxidation sites excluding steroid dienone is 1. The van der Waals surface area contributed by atoms with Gasteiger partial charge in [-0.2, -0.15) is 0 Å². The quantitative estimate of drug-likeness (QED) is 0.801. The standard InChI is InChI=1S/C17H19N3O3/c1-9-5-6-12(14(21)19-9)20-15(22)11-7-10(17(2,3)4)8-18-13(11)16(20)23/h7-8,12H,1,5-6H2,2-4H3,(H,19,21). The minimum absolute atomic E-state index is 0.125. The van der Waals surface area contributed by atoms with Crippen LogP contribution in [0.2, 0.25) is 0 Å². The minimum atomic E-state index is -0.798. The van der Waals surface area contributed by atoms with Crippen LogP contribution in [0.4, 0.5) is 0 Å². The molecule has 2 aliphatic rings. The molecule has 1 fully saturated rings. The third kappa shape index (κ3) is 2.44. The van der Waals surface area contributed by atoms with Gasteiger partial charge in [-0.05, 0) is 29.9 Å². The van der Waals surface area contributed by atoms with Crippen molar-refractivity contribution < 1.29 is 14.4 Å². The molecular weight excluding hydrogens is 294 g/mol. The van der Waals surface area contributed by atoms with E-state index < -0.39 is 17.9 Å². The maximum Gasteiger partial charge on any atom is 0.280 e. The number of carbonyl (C=O) groups is 3. The molecule has 0 spiro atoms. The fraction of sp³-hybridized carbons (Fsp3) is 0.412. The summed E-state index contributed by atoms with van der Waals surface area (Å²) in [5.41, 5.74) is 1.70. The molecule has 3 heterocycles. The van der Waals surface area contributed by atoms with Crippen LogP contribution in [0.1, 0.15) is 60.0 Å². The molecule has 6 heteroatoms. The Hall–Kier alpha value is -2.50. The number of hydrogen-bond donors (Lipinski definition) is 1. The van der Waals surface area contributed by atoms with Gasteiger partial charge in [-0.25, -0.2) is 4.98 Å². The predicted molar refractivity (Wildman–Crippen MR) is 83.7 cm³/mol. The Bertz CT molecular complexity index is 746. The highest BCUT2D eigenvalue weighted by Crippen LogP contribution is 2.30. The van der Waals surface area contributed by atoms with E-state index >= 15 is 0 Å². The Balaban J connectivity index is 1.98. The largest absolute Gasteiger partial charge is 0.329 e. The van der Waals surface area contributed by atoms with Crippen LogP contribution in [-0.2, 0) is 10.2 Å². The van der Waals surface area contributed by atoms with Crippen LogP contribution in [0.15, 0.2) is 24.5 Å². The van der Waals surface area contributed by atoms with Gasteiger partial charge in [-0.3, -0.25) is 19.3 Å². The first kappa shape index (κ1) is 15.4. The maximum atomic E-state index is 12.7. The zero-order valence-electron chi connectivity index (χ0n) is 13.5. The van der Waals surface area contributed by atoms with Crippen molar-refractivity contribution in [1.29, 1.82) is 0 Å². The van der Waals surface area contributed by atoms with Crippen molar-refractivity contribution in [2.75, 3.05) is 0 Å². The summed E-state index contributed by atoms with van der Waals surface area (Å²) in [6.45, 7) is 9.74. The molecule has 0 saturated carbocycles. The molecule has 0 radical (unpaired) electrons. The molecule has 2 aliphatic heterocycles. The van der Waals surface area contributed by atoms with Crippen molar-refractivity contribution in [2.24, 2.45) is 0 Å². The Kier molecular flexibility index (Phi) is 3.35. The second-order valence-electron chi connectivity index (χ2n) is 7.00. The first-order chi connectivity index (χ1) is 10.7. The highest BCUT2D eigenvalue weighted by atomic mass is 16.2. The van der Waals surface area contributed by atoms with Crippen molar-refractivity contribution >= 4 is 17.7 Å². The van der Waals surface area contributed by atoms with Crippen LogP contribution in [-0.4, -0.2) is 33.6 Å². The lowest BCUT2D eigenvalue weighted by Gasteiger charge is -2.29. The molecule has 3 amide bonds. The van der Waals surface area contributed by atoms with E-state index in [9.17, 15) is 14.4 Å². The second-order valence-corrected chi connectivity index (χ2v) is 7.00. The van der Waals surface area contributed by atoms with E-state index in [0.717, 1.165) is 10.5 Å². The van der Waals surface area contributed by atoms with Gasteiger partial charge in [0.25, 0.3) is 11.8 Å². The normalized spacial score (nSPS) is 21.5. The fourth-order valence-electron chi connectivity index (χ4n) is 2.84. The van der Waals surface area contributed by atoms with Crippen molar-refractivity contribution in [3.05, 3.63) is 41.4 Å². The van der Waals surface area contributed by atoms with Gasteiger partial charge >= 0.3 is 0 Å². The molecule has 1 saturated heterocycles. The fourth-order valence-corrected chi connectivity index (χ4v) is 2.84. The second kappa shape index (κ2) is 5.01. The summed E-state index contributed by atoms with van der Waals surface area (Å²) in [6.07, 6.45) is 2.56. The number of pyridine rings is 1. The number of fused-ring (bicyclic) bond motifs is 1. The molecule has 6 nitrogen and oxygen atoms in total. The average Bonchev–Trinajstić information content (AvgIpc) is 2.71. The number of nitrogens with one attached hydrogen (secondary N) is 1. The first-order valence-corrected chi connectivity index (χ1v) is 7.57. The number of amides is 3. The van der Waals surface area contributed by atoms with Crippen LogP contribution in [0.5, 0.6) is 0 Å². The van der Waals surface area contributed by atoms with Crippen LogP contribution in [0.3, 0.4) is 0 Å². The van der Waals surface area contributed by atoms with Crippen LogP contribution in [0, 0.1) is 0 Å². The SMILES string of the molecule is C=C1CCC(N2C(=O)c3cc(C(C)(C)C)cnc3C2=O)C(=O)N1. The van der Waals surface area contributed by atoms with Gasteiger partial charge in [0.2, 0.25) is 5.91 Å². The number of rotatable bonds is 1. The predicted octanol–water partition coefficient (Wildman–Crippen LogP) is 1.77. The van der Waals surface area contributed by atoms with Gasteiger partial charge in [0.15, 0.2) is 0 Å². The lowest BCUT2D eigenvalue weighted by molar-refractivity contribution is -0.125. The number of imide groups is 1. The van der Waals surface area contributed by atoms with Crippen molar-refractivity contribution in [1.82, 2.24) is 15.2 Å². The van der Waals surface area contributed by atoms with Crippen LogP contribution in [0.25, 0.3) is 0 Å². The van der Waals surface area contributed by atoms with Crippen molar-refractivity contribution in [3.63, 3.8) is 0 Å². The average molecular weight is 313 g/mol. The van der Waals surface area contributed by atoms with Crippen LogP contribution < -0.4 is 5.32 Å². The summed E-state index contributed by atoms with van der Waals surface area (Å²) >= 11 is 0. The molecule has 120 valence electrons. The van der Waals surface area contributed by atoms with E-state index in [0.29, 0.717) is 18.5 Å². The van der Waals surface area contributed by atoms with Crippen LogP contribution >= 0.6 is 0 Å². The highest BCUT2D eigenvalue weighted by molar-refractivity contribution is 6.22. The monoisotopic (exact) mass is 313 g/mol. The minimum Gasteiger partial charge on any atom is -0.329 e. The number of aromatic nitrogens is 1. The van der Waals surface area contributed by atoms with Gasteiger partial charge in [-0.1, -0.05) is 27.4 Å². The van der Waals surface area contributed by atoms with Gasteiger partial charge in [0, 0.05) is 11.9 Å². The summed E-state index contributed by atoms with van der Waals surface area (Å²) in [6, 6.07) is 0.912. The lowest BCUT2D eigenvalue weighted by Crippen LogP contribution is -2.51. The first-order valence-electron chi connectivity index (χ1n) is 7.57. The molecule has 1 atom stereocenters. The Morgan fingerprint density at radius 3 is 2.57 bits per heavy atom. The summed E-state index contributed by atoms with van der Waals surface area (Å²) < 4.78 is 0. The molecule has 1 aromatic rings. The molecule has 1 N–H and O–H groups in total. The molecule has 1 aromatic heterocycles. The number of piperidine rings is 1. The van der Waals surface area contributed by atoms with Gasteiger partial charge in [-0.15, -0.1) is 0 Å². The maximum absolute atomic E-state index is 12.7. The number of carbonyl (C=O) groups excluding carboxylic acids is 3. The zero-order valence-corrected chi connectivity index (χ0v) is 13.5. The van der Waals surface area contributed by atoms with Gasteiger partial charge in [0.05, 0.1) is 5.56 Å². The van der Waals surface area contributed by atoms with E-state index in [4.69, 9.17) is 0 Å². The van der Waals surface area contributed by atoms with Gasteiger partial charge < -0.3 is 5.32 Å². The van der Waals surface area contributed by atoms with E-state index in [1.165, 1.54) is 0 Å². The molecule has 0 aromatic carbocycles. The smallest absolute Gasteiger partial charge is 0.280 e. The summed E-state index contributed by atoms with van der Waals surface area (Å²) in [5.74, 6) is -1.32. The molecular formula is C17H19N3O3. The summed E-state index contributed by atoms with van der Waals surface area (Å²) in [5, 5.41) is 2.61. The van der Waals surface area contributed by atoms with Crippen molar-refractivity contribution in [3.8, 4) is 0 Å². The molecule has 3 rings (SSSR count).